The van der Waals surface area contributed by atoms with Crippen LogP contribution in [0.3, 0.4) is 0 Å². The third-order valence-corrected chi connectivity index (χ3v) is 7.52. The van der Waals surface area contributed by atoms with E-state index in [0.717, 1.165) is 0 Å². The number of aromatic nitrogens is 2. The molecule has 160 valence electrons. The normalized spacial score (nSPS) is 12.1. The second kappa shape index (κ2) is 7.67. The Balaban J connectivity index is 1.59. The Kier molecular flexibility index (Phi) is 5.15. The number of nitrogens with one attached hydrogen (secondary N) is 2. The molecular weight excluding hydrogens is 440 g/mol. The second-order valence-corrected chi connectivity index (χ2v) is 10.1. The van der Waals surface area contributed by atoms with Crippen molar-refractivity contribution in [3.8, 4) is 0 Å². The van der Waals surface area contributed by atoms with E-state index in [4.69, 9.17) is 4.52 Å². The molecule has 0 aliphatic rings. The molecule has 0 saturated heterocycles. The molecule has 0 fully saturated rings. The third-order valence-electron chi connectivity index (χ3n) is 4.73. The maximum absolute atomic E-state index is 12.9. The van der Waals surface area contributed by atoms with Crippen molar-refractivity contribution in [2.75, 3.05) is 9.44 Å². The van der Waals surface area contributed by atoms with Crippen LogP contribution in [0.15, 0.2) is 75.2 Å². The first-order valence-corrected chi connectivity index (χ1v) is 12.1. The molecule has 0 spiro atoms. The standard InChI is InChI=1S/C20H18N4O5S2/c1-13-14(2)22-29-20(13)24-30(25,26)17-8-6-16(7-9-17)23-31(27,28)19-5-3-4-15-12-21-11-10-18(15)19/h3-12,23-24H,1-2H3. The van der Waals surface area contributed by atoms with Crippen LogP contribution >= 0.6 is 0 Å². The van der Waals surface area contributed by atoms with E-state index in [2.05, 4.69) is 19.6 Å². The van der Waals surface area contributed by atoms with Gasteiger partial charge in [0.1, 0.15) is 0 Å². The van der Waals surface area contributed by atoms with Gasteiger partial charge in [0, 0.05) is 34.4 Å². The molecular formula is C20H18N4O5S2. The van der Waals surface area contributed by atoms with Gasteiger partial charge in [0.2, 0.25) is 5.88 Å². The van der Waals surface area contributed by atoms with Crippen LogP contribution in [-0.4, -0.2) is 27.0 Å². The highest BCUT2D eigenvalue weighted by atomic mass is 32.2. The minimum absolute atomic E-state index is 0.0349. The van der Waals surface area contributed by atoms with Crippen LogP contribution in [0.4, 0.5) is 11.6 Å². The van der Waals surface area contributed by atoms with Crippen LogP contribution in [-0.2, 0) is 20.0 Å². The average Bonchev–Trinajstić information content (AvgIpc) is 3.05. The Morgan fingerprint density at radius 1 is 0.871 bits per heavy atom. The maximum Gasteiger partial charge on any atom is 0.264 e. The molecule has 0 aliphatic heterocycles. The predicted octanol–water partition coefficient (Wildman–Crippen LogP) is 3.44. The van der Waals surface area contributed by atoms with Crippen LogP contribution in [0.1, 0.15) is 11.3 Å². The number of rotatable bonds is 6. The summed E-state index contributed by atoms with van der Waals surface area (Å²) in [5.41, 5.74) is 1.38. The van der Waals surface area contributed by atoms with E-state index in [-0.39, 0.29) is 21.4 Å². The maximum atomic E-state index is 12.9. The largest absolute Gasteiger partial charge is 0.337 e. The molecule has 4 aromatic rings. The molecule has 11 heteroatoms. The van der Waals surface area contributed by atoms with Gasteiger partial charge in [-0.1, -0.05) is 17.3 Å². The Morgan fingerprint density at radius 3 is 2.29 bits per heavy atom. The lowest BCUT2D eigenvalue weighted by Gasteiger charge is -2.11. The summed E-state index contributed by atoms with van der Waals surface area (Å²) in [6.45, 7) is 3.38. The smallest absolute Gasteiger partial charge is 0.264 e. The molecule has 0 unspecified atom stereocenters. The lowest BCUT2D eigenvalue weighted by atomic mass is 10.2. The molecule has 2 N–H and O–H groups in total. The van der Waals surface area contributed by atoms with Gasteiger partial charge in [-0.15, -0.1) is 0 Å². The van der Waals surface area contributed by atoms with Crippen molar-refractivity contribution >= 4 is 42.4 Å². The first-order valence-electron chi connectivity index (χ1n) is 9.09. The molecule has 2 aromatic carbocycles. The van der Waals surface area contributed by atoms with E-state index in [1.165, 1.54) is 36.5 Å². The monoisotopic (exact) mass is 458 g/mol. The van der Waals surface area contributed by atoms with Crippen LogP contribution in [0.2, 0.25) is 0 Å². The number of fused-ring (bicyclic) bond motifs is 1. The number of nitrogens with zero attached hydrogens (tertiary/aromatic N) is 2. The second-order valence-electron chi connectivity index (χ2n) is 6.81. The Hall–Kier alpha value is -3.44. The van der Waals surface area contributed by atoms with Crippen molar-refractivity contribution in [3.05, 3.63) is 72.2 Å². The van der Waals surface area contributed by atoms with Crippen molar-refractivity contribution in [2.45, 2.75) is 23.6 Å². The topological polar surface area (TPSA) is 131 Å². The zero-order valence-electron chi connectivity index (χ0n) is 16.5. The molecule has 0 radical (unpaired) electrons. The van der Waals surface area contributed by atoms with Crippen LogP contribution in [0.5, 0.6) is 0 Å². The SMILES string of the molecule is Cc1noc(NS(=O)(=O)c2ccc(NS(=O)(=O)c3cccc4cnccc34)cc2)c1C. The summed E-state index contributed by atoms with van der Waals surface area (Å²) < 4.78 is 60.8. The van der Waals surface area contributed by atoms with E-state index < -0.39 is 20.0 Å². The minimum Gasteiger partial charge on any atom is -0.337 e. The van der Waals surface area contributed by atoms with Crippen molar-refractivity contribution < 1.29 is 21.4 Å². The van der Waals surface area contributed by atoms with Gasteiger partial charge in [-0.25, -0.2) is 21.6 Å². The van der Waals surface area contributed by atoms with Gasteiger partial charge in [0.15, 0.2) is 0 Å². The quantitative estimate of drug-likeness (QED) is 0.452. The summed E-state index contributed by atoms with van der Waals surface area (Å²) in [7, 11) is -7.84. The summed E-state index contributed by atoms with van der Waals surface area (Å²) in [5.74, 6) is 0.0349. The predicted molar refractivity (Wildman–Crippen MR) is 116 cm³/mol. The number of hydrogen-bond acceptors (Lipinski definition) is 7. The molecule has 0 amide bonds. The number of hydrogen-bond donors (Lipinski definition) is 2. The number of aryl methyl sites for hydroxylation is 1. The van der Waals surface area contributed by atoms with Gasteiger partial charge in [0.05, 0.1) is 15.5 Å². The molecule has 31 heavy (non-hydrogen) atoms. The van der Waals surface area contributed by atoms with Crippen molar-refractivity contribution in [2.24, 2.45) is 0 Å². The van der Waals surface area contributed by atoms with Gasteiger partial charge in [-0.3, -0.25) is 9.71 Å². The first-order chi connectivity index (χ1) is 14.7. The molecule has 0 saturated carbocycles. The van der Waals surface area contributed by atoms with Gasteiger partial charge in [-0.05, 0) is 50.2 Å². The Bertz CT molecular complexity index is 1470. The zero-order valence-corrected chi connectivity index (χ0v) is 18.2. The van der Waals surface area contributed by atoms with E-state index in [1.807, 2.05) is 0 Å². The van der Waals surface area contributed by atoms with E-state index >= 15 is 0 Å². The highest BCUT2D eigenvalue weighted by molar-refractivity contribution is 7.93. The lowest BCUT2D eigenvalue weighted by Crippen LogP contribution is -2.15. The van der Waals surface area contributed by atoms with Gasteiger partial charge < -0.3 is 4.52 Å². The highest BCUT2D eigenvalue weighted by Crippen LogP contribution is 2.26. The number of benzene rings is 2. The number of pyridine rings is 1. The van der Waals surface area contributed by atoms with Crippen LogP contribution in [0, 0.1) is 13.8 Å². The summed E-state index contributed by atoms with van der Waals surface area (Å²) in [4.78, 5) is 4.04. The number of sulfonamides is 2. The van der Waals surface area contributed by atoms with Gasteiger partial charge >= 0.3 is 0 Å². The molecule has 9 nitrogen and oxygen atoms in total. The molecule has 0 aliphatic carbocycles. The lowest BCUT2D eigenvalue weighted by molar-refractivity contribution is 0.430. The molecule has 4 rings (SSSR count). The zero-order chi connectivity index (χ0) is 22.2. The molecule has 2 heterocycles. The van der Waals surface area contributed by atoms with Gasteiger partial charge in [0.25, 0.3) is 20.0 Å². The van der Waals surface area contributed by atoms with Crippen LogP contribution in [0.25, 0.3) is 10.8 Å². The fourth-order valence-corrected chi connectivity index (χ4v) is 5.27. The Labute approximate surface area is 179 Å². The van der Waals surface area contributed by atoms with E-state index in [1.54, 1.807) is 38.2 Å². The first kappa shape index (κ1) is 20.8. The van der Waals surface area contributed by atoms with Gasteiger partial charge in [-0.2, -0.15) is 0 Å². The van der Waals surface area contributed by atoms with Crippen molar-refractivity contribution in [3.63, 3.8) is 0 Å². The summed E-state index contributed by atoms with van der Waals surface area (Å²) in [6, 6.07) is 11.9. The summed E-state index contributed by atoms with van der Waals surface area (Å²) in [6.07, 6.45) is 3.10. The third kappa shape index (κ3) is 4.09. The summed E-state index contributed by atoms with van der Waals surface area (Å²) >= 11 is 0. The van der Waals surface area contributed by atoms with E-state index in [9.17, 15) is 16.8 Å². The van der Waals surface area contributed by atoms with Crippen molar-refractivity contribution in [1.29, 1.82) is 0 Å². The van der Waals surface area contributed by atoms with E-state index in [0.29, 0.717) is 22.0 Å². The molecule has 0 bridgehead atoms. The fourth-order valence-electron chi connectivity index (χ4n) is 2.93. The average molecular weight is 459 g/mol. The van der Waals surface area contributed by atoms with Crippen molar-refractivity contribution in [1.82, 2.24) is 10.1 Å². The van der Waals surface area contributed by atoms with Crippen LogP contribution < -0.4 is 9.44 Å². The fraction of sp³-hybridized carbons (Fsp3) is 0.100. The summed E-state index contributed by atoms with van der Waals surface area (Å²) in [5, 5.41) is 4.94. The molecule has 2 aromatic heterocycles. The highest BCUT2D eigenvalue weighted by Gasteiger charge is 2.21. The Morgan fingerprint density at radius 2 is 1.61 bits per heavy atom. The number of anilines is 2. The molecule has 0 atom stereocenters. The minimum atomic E-state index is -3.93.